The molecule has 3 heterocycles. The van der Waals surface area contributed by atoms with E-state index in [1.165, 1.54) is 25.7 Å². The summed E-state index contributed by atoms with van der Waals surface area (Å²) in [6.45, 7) is 3.62. The molecule has 2 fully saturated rings. The zero-order valence-electron chi connectivity index (χ0n) is 20.9. The van der Waals surface area contributed by atoms with Crippen molar-refractivity contribution in [3.63, 3.8) is 0 Å². The number of carbonyl (C=O) groups excluding carboxylic acids is 1. The number of anilines is 1. The van der Waals surface area contributed by atoms with E-state index in [9.17, 15) is 4.79 Å². The molecule has 0 radical (unpaired) electrons. The highest BCUT2D eigenvalue weighted by molar-refractivity contribution is 5.79. The van der Waals surface area contributed by atoms with E-state index in [0.29, 0.717) is 31.0 Å². The van der Waals surface area contributed by atoms with E-state index in [1.807, 2.05) is 41.3 Å². The van der Waals surface area contributed by atoms with Gasteiger partial charge in [-0.2, -0.15) is 4.98 Å². The van der Waals surface area contributed by atoms with Gasteiger partial charge in [0.25, 0.3) is 0 Å². The van der Waals surface area contributed by atoms with Crippen molar-refractivity contribution in [3.8, 4) is 17.1 Å². The predicted molar refractivity (Wildman–Crippen MR) is 136 cm³/mol. The zero-order valence-corrected chi connectivity index (χ0v) is 20.9. The Morgan fingerprint density at radius 3 is 2.75 bits per heavy atom. The second-order valence-electron chi connectivity index (χ2n) is 9.69. The van der Waals surface area contributed by atoms with Gasteiger partial charge in [-0.15, -0.1) is 0 Å². The summed E-state index contributed by atoms with van der Waals surface area (Å²) in [4.78, 5) is 22.1. The van der Waals surface area contributed by atoms with E-state index < -0.39 is 0 Å². The van der Waals surface area contributed by atoms with E-state index >= 15 is 0 Å². The maximum atomic E-state index is 13.0. The van der Waals surface area contributed by atoms with Gasteiger partial charge in [-0.3, -0.25) is 9.69 Å². The first kappa shape index (κ1) is 24.4. The van der Waals surface area contributed by atoms with Crippen molar-refractivity contribution < 1.29 is 18.5 Å². The molecule has 2 aliphatic rings. The van der Waals surface area contributed by atoms with Crippen LogP contribution in [0.2, 0.25) is 0 Å². The molecule has 36 heavy (non-hydrogen) atoms. The highest BCUT2D eigenvalue weighted by Gasteiger charge is 2.29. The minimum Gasteiger partial charge on any atom is -0.497 e. The molecule has 1 atom stereocenters. The molecule has 9 nitrogen and oxygen atoms in total. The average molecular weight is 494 g/mol. The van der Waals surface area contributed by atoms with Gasteiger partial charge >= 0.3 is 6.01 Å². The number of nitrogens with zero attached hydrogens (tertiary/aromatic N) is 4. The minimum absolute atomic E-state index is 0.0963. The standard InChI is InChI=1S/C27H35N5O4/c1-34-23-12-10-20(11-13-23)25-29-27(36-30-25)32-15-4-6-21(18-32)26(33)28-14-16-31(22-7-2-3-8-22)19-24-9-5-17-35-24/h5,9-13,17,21-22H,2-4,6-8,14-16,18-19H2,1H3,(H,28,33). The van der Waals surface area contributed by atoms with Crippen LogP contribution in [-0.2, 0) is 11.3 Å². The Balaban J connectivity index is 1.14. The van der Waals surface area contributed by atoms with Gasteiger partial charge in [-0.05, 0) is 62.1 Å². The fourth-order valence-corrected chi connectivity index (χ4v) is 5.30. The number of amides is 1. The highest BCUT2D eigenvalue weighted by Crippen LogP contribution is 2.27. The Labute approximate surface area is 211 Å². The van der Waals surface area contributed by atoms with Gasteiger partial charge in [0.05, 0.1) is 25.8 Å². The summed E-state index contributed by atoms with van der Waals surface area (Å²) in [6.07, 6.45) is 8.48. The summed E-state index contributed by atoms with van der Waals surface area (Å²) >= 11 is 0. The van der Waals surface area contributed by atoms with Crippen molar-refractivity contribution in [1.29, 1.82) is 0 Å². The number of methoxy groups -OCH3 is 1. The average Bonchev–Trinajstić information content (AvgIpc) is 3.71. The second kappa shape index (κ2) is 11.6. The SMILES string of the molecule is COc1ccc(-c2noc(N3CCCC(C(=O)NCCN(Cc4ccco4)C4CCCC4)C3)n2)cc1. The first-order valence-corrected chi connectivity index (χ1v) is 13.0. The van der Waals surface area contributed by atoms with Gasteiger partial charge in [0, 0.05) is 37.8 Å². The molecule has 9 heteroatoms. The molecular formula is C27H35N5O4. The molecule has 1 unspecified atom stereocenters. The van der Waals surface area contributed by atoms with Crippen LogP contribution in [0.1, 0.15) is 44.3 Å². The normalized spacial score (nSPS) is 18.6. The second-order valence-corrected chi connectivity index (χ2v) is 9.69. The highest BCUT2D eigenvalue weighted by atomic mass is 16.5. The summed E-state index contributed by atoms with van der Waals surface area (Å²) in [7, 11) is 1.64. The molecule has 0 bridgehead atoms. The third-order valence-electron chi connectivity index (χ3n) is 7.30. The van der Waals surface area contributed by atoms with Crippen LogP contribution < -0.4 is 15.0 Å². The van der Waals surface area contributed by atoms with Crippen LogP contribution in [0.15, 0.2) is 51.6 Å². The zero-order chi connectivity index (χ0) is 24.7. The van der Waals surface area contributed by atoms with Crippen LogP contribution in [0.3, 0.4) is 0 Å². The number of carbonyl (C=O) groups is 1. The number of rotatable bonds is 10. The van der Waals surface area contributed by atoms with Gasteiger partial charge in [0.15, 0.2) is 0 Å². The molecule has 2 aromatic heterocycles. The molecule has 5 rings (SSSR count). The van der Waals surface area contributed by atoms with Gasteiger partial charge in [0.1, 0.15) is 11.5 Å². The van der Waals surface area contributed by atoms with Crippen LogP contribution >= 0.6 is 0 Å². The molecular weight excluding hydrogens is 458 g/mol. The van der Waals surface area contributed by atoms with Crippen LogP contribution in [-0.4, -0.2) is 60.3 Å². The lowest BCUT2D eigenvalue weighted by molar-refractivity contribution is -0.125. The Morgan fingerprint density at radius 1 is 1.17 bits per heavy atom. The van der Waals surface area contributed by atoms with E-state index in [-0.39, 0.29) is 11.8 Å². The molecule has 1 N–H and O–H groups in total. The van der Waals surface area contributed by atoms with Gasteiger partial charge < -0.3 is 23.9 Å². The van der Waals surface area contributed by atoms with E-state index in [0.717, 1.165) is 49.5 Å². The summed E-state index contributed by atoms with van der Waals surface area (Å²) in [5.41, 5.74) is 0.860. The quantitative estimate of drug-likeness (QED) is 0.451. The Kier molecular flexibility index (Phi) is 7.85. The summed E-state index contributed by atoms with van der Waals surface area (Å²) < 4.78 is 16.3. The largest absolute Gasteiger partial charge is 0.497 e. The van der Waals surface area contributed by atoms with Crippen molar-refractivity contribution >= 4 is 11.9 Å². The van der Waals surface area contributed by atoms with Crippen molar-refractivity contribution in [2.45, 2.75) is 51.1 Å². The van der Waals surface area contributed by atoms with Crippen LogP contribution in [0.25, 0.3) is 11.4 Å². The number of piperidine rings is 1. The smallest absolute Gasteiger partial charge is 0.324 e. The van der Waals surface area contributed by atoms with E-state index in [2.05, 4.69) is 20.4 Å². The van der Waals surface area contributed by atoms with Crippen LogP contribution in [0.5, 0.6) is 5.75 Å². The number of hydrogen-bond acceptors (Lipinski definition) is 8. The number of benzene rings is 1. The number of nitrogens with one attached hydrogen (secondary N) is 1. The number of aromatic nitrogens is 2. The summed E-state index contributed by atoms with van der Waals surface area (Å²) in [5.74, 6) is 2.28. The number of hydrogen-bond donors (Lipinski definition) is 1. The molecule has 1 amide bonds. The third-order valence-corrected chi connectivity index (χ3v) is 7.30. The van der Waals surface area contributed by atoms with Gasteiger partial charge in [-0.1, -0.05) is 18.0 Å². The van der Waals surface area contributed by atoms with Crippen molar-refractivity contribution in [2.24, 2.45) is 5.92 Å². The maximum absolute atomic E-state index is 13.0. The van der Waals surface area contributed by atoms with Crippen LogP contribution in [0, 0.1) is 5.92 Å². The molecule has 1 saturated carbocycles. The number of ether oxygens (including phenoxy) is 1. The molecule has 1 aliphatic carbocycles. The van der Waals surface area contributed by atoms with Gasteiger partial charge in [-0.25, -0.2) is 0 Å². The molecule has 3 aromatic rings. The number of furan rings is 1. The van der Waals surface area contributed by atoms with E-state index in [1.54, 1.807) is 13.4 Å². The first-order chi connectivity index (χ1) is 17.7. The lowest BCUT2D eigenvalue weighted by Gasteiger charge is -2.31. The monoisotopic (exact) mass is 493 g/mol. The minimum atomic E-state index is -0.0971. The van der Waals surface area contributed by atoms with Crippen molar-refractivity contribution in [1.82, 2.24) is 20.4 Å². The molecule has 1 aliphatic heterocycles. The lowest BCUT2D eigenvalue weighted by Crippen LogP contribution is -2.45. The van der Waals surface area contributed by atoms with E-state index in [4.69, 9.17) is 13.7 Å². The first-order valence-electron chi connectivity index (χ1n) is 13.0. The Hall–Kier alpha value is -3.33. The summed E-state index contributed by atoms with van der Waals surface area (Å²) in [5, 5.41) is 7.33. The molecule has 1 saturated heterocycles. The Bertz CT molecular complexity index is 1090. The molecule has 1 aromatic carbocycles. The fourth-order valence-electron chi connectivity index (χ4n) is 5.30. The molecule has 0 spiro atoms. The predicted octanol–water partition coefficient (Wildman–Crippen LogP) is 4.12. The van der Waals surface area contributed by atoms with Crippen molar-refractivity contribution in [3.05, 3.63) is 48.4 Å². The Morgan fingerprint density at radius 2 is 2.00 bits per heavy atom. The topological polar surface area (TPSA) is 96.9 Å². The third kappa shape index (κ3) is 5.90. The fraction of sp³-hybridized carbons (Fsp3) is 0.519. The van der Waals surface area contributed by atoms with Crippen molar-refractivity contribution in [2.75, 3.05) is 38.2 Å². The maximum Gasteiger partial charge on any atom is 0.324 e. The lowest BCUT2D eigenvalue weighted by atomic mass is 9.97. The van der Waals surface area contributed by atoms with Gasteiger partial charge in [0.2, 0.25) is 11.7 Å². The summed E-state index contributed by atoms with van der Waals surface area (Å²) in [6, 6.07) is 12.5. The van der Waals surface area contributed by atoms with Crippen LogP contribution in [0.4, 0.5) is 6.01 Å². The molecule has 192 valence electrons.